The molecule has 9 heteroatoms. The molecule has 1 fully saturated rings. The van der Waals surface area contributed by atoms with E-state index in [2.05, 4.69) is 10.1 Å². The van der Waals surface area contributed by atoms with Crippen molar-refractivity contribution in [1.29, 1.82) is 0 Å². The first-order valence-corrected chi connectivity index (χ1v) is 12.1. The molecule has 0 spiro atoms. The van der Waals surface area contributed by atoms with Crippen LogP contribution in [-0.4, -0.2) is 26.3 Å². The maximum Gasteiger partial charge on any atom is 0.416 e. The lowest BCUT2D eigenvalue weighted by Gasteiger charge is -2.28. The Labute approximate surface area is 212 Å². The highest BCUT2D eigenvalue weighted by Gasteiger charge is 2.32. The van der Waals surface area contributed by atoms with Gasteiger partial charge in [-0.25, -0.2) is 18.6 Å². The zero-order valence-corrected chi connectivity index (χ0v) is 20.9. The molecule has 0 saturated heterocycles. The number of benzene rings is 2. The molecule has 2 aromatic heterocycles. The van der Waals surface area contributed by atoms with Gasteiger partial charge in [0, 0.05) is 17.2 Å². The Morgan fingerprint density at radius 2 is 1.78 bits per heavy atom. The van der Waals surface area contributed by atoms with Gasteiger partial charge < -0.3 is 4.74 Å². The summed E-state index contributed by atoms with van der Waals surface area (Å²) in [5, 5.41) is 4.55. The smallest absolute Gasteiger partial charge is 0.416 e. The predicted octanol–water partition coefficient (Wildman–Crippen LogP) is 7.15. The average molecular weight is 511 g/mol. The van der Waals surface area contributed by atoms with Crippen molar-refractivity contribution in [3.8, 4) is 11.1 Å². The molecule has 2 heterocycles. The topological polar surface area (TPSA) is 59.7 Å². The first kappa shape index (κ1) is 24.2. The summed E-state index contributed by atoms with van der Waals surface area (Å²) >= 11 is 6.33. The molecule has 0 N–H and O–H groups in total. The summed E-state index contributed by atoms with van der Waals surface area (Å²) in [4.78, 5) is 18.9. The van der Waals surface area contributed by atoms with Crippen LogP contribution in [0.25, 0.3) is 16.8 Å². The minimum Gasteiger partial charge on any atom is -0.443 e. The number of aromatic nitrogens is 3. The highest BCUT2D eigenvalue weighted by atomic mass is 35.5. The largest absolute Gasteiger partial charge is 0.443 e. The van der Waals surface area contributed by atoms with Gasteiger partial charge in [-0.1, -0.05) is 41.9 Å². The maximum atomic E-state index is 15.3. The van der Waals surface area contributed by atoms with Gasteiger partial charge in [-0.3, -0.25) is 4.90 Å². The molecule has 0 radical (unpaired) electrons. The number of hydrogen-bond donors (Lipinski definition) is 0. The van der Waals surface area contributed by atoms with Crippen LogP contribution in [0.2, 0.25) is 5.15 Å². The molecule has 1 amide bonds. The van der Waals surface area contributed by atoms with Crippen molar-refractivity contribution < 1.29 is 18.3 Å². The fourth-order valence-corrected chi connectivity index (χ4v) is 4.25. The lowest BCUT2D eigenvalue weighted by Crippen LogP contribution is -2.38. The molecule has 2 aromatic carbocycles. The minimum absolute atomic E-state index is 0.133. The number of carbonyl (C=O) groups excluding carboxylic acids is 1. The molecular weight excluding hydrogens is 486 g/mol. The SMILES string of the molecule is CC(C)(C)OC(=O)N(Cc1c(F)cc(-c2ccccc2)cc1F)c1cc(Cl)nc2c(C3CC3)cnn12. The highest BCUT2D eigenvalue weighted by Crippen LogP contribution is 2.42. The Bertz CT molecular complexity index is 1420. The number of halogens is 3. The maximum absolute atomic E-state index is 15.3. The Morgan fingerprint density at radius 3 is 2.39 bits per heavy atom. The number of carbonyl (C=O) groups is 1. The van der Waals surface area contributed by atoms with Crippen LogP contribution >= 0.6 is 11.6 Å². The van der Waals surface area contributed by atoms with E-state index in [4.69, 9.17) is 16.3 Å². The molecule has 1 aliphatic carbocycles. The molecule has 0 bridgehead atoms. The van der Waals surface area contributed by atoms with Gasteiger partial charge in [0.15, 0.2) is 5.65 Å². The van der Waals surface area contributed by atoms with E-state index in [9.17, 15) is 4.79 Å². The third-order valence-corrected chi connectivity index (χ3v) is 6.11. The number of ether oxygens (including phenoxy) is 1. The number of nitrogens with zero attached hydrogens (tertiary/aromatic N) is 4. The lowest BCUT2D eigenvalue weighted by molar-refractivity contribution is 0.0575. The molecule has 1 aliphatic rings. The van der Waals surface area contributed by atoms with Crippen LogP contribution in [0.5, 0.6) is 0 Å². The van der Waals surface area contributed by atoms with Crippen molar-refractivity contribution >= 4 is 29.2 Å². The summed E-state index contributed by atoms with van der Waals surface area (Å²) in [5.41, 5.74) is 1.38. The van der Waals surface area contributed by atoms with Gasteiger partial charge in [0.2, 0.25) is 0 Å². The van der Waals surface area contributed by atoms with Crippen LogP contribution in [-0.2, 0) is 11.3 Å². The number of fused-ring (bicyclic) bond motifs is 1. The van der Waals surface area contributed by atoms with Crippen LogP contribution in [0.3, 0.4) is 0 Å². The molecule has 5 rings (SSSR count). The van der Waals surface area contributed by atoms with Gasteiger partial charge in [-0.15, -0.1) is 0 Å². The normalized spacial score (nSPS) is 13.7. The van der Waals surface area contributed by atoms with Crippen molar-refractivity contribution in [2.45, 2.75) is 51.7 Å². The summed E-state index contributed by atoms with van der Waals surface area (Å²) in [7, 11) is 0. The second-order valence-corrected chi connectivity index (χ2v) is 10.3. The standard InChI is InChI=1S/C27H25ClF2N4O2/c1-27(2,3)36-26(35)33(24-13-23(28)32-25-19(17-9-10-17)14-31-34(24)25)15-20-21(29)11-18(12-22(20)30)16-7-5-4-6-8-16/h4-8,11-14,17H,9-10,15H2,1-3H3. The lowest BCUT2D eigenvalue weighted by atomic mass is 10.0. The first-order chi connectivity index (χ1) is 17.1. The molecular formula is C27H25ClF2N4O2. The Morgan fingerprint density at radius 1 is 1.11 bits per heavy atom. The van der Waals surface area contributed by atoms with Gasteiger partial charge in [0.25, 0.3) is 0 Å². The predicted molar refractivity (Wildman–Crippen MR) is 134 cm³/mol. The number of hydrogen-bond acceptors (Lipinski definition) is 4. The van der Waals surface area contributed by atoms with E-state index in [0.717, 1.165) is 23.3 Å². The number of rotatable bonds is 5. The van der Waals surface area contributed by atoms with Crippen molar-refractivity contribution in [1.82, 2.24) is 14.6 Å². The fraction of sp³-hybridized carbons (Fsp3) is 0.296. The molecule has 36 heavy (non-hydrogen) atoms. The van der Waals surface area contributed by atoms with E-state index in [1.54, 1.807) is 51.2 Å². The summed E-state index contributed by atoms with van der Waals surface area (Å²) in [6, 6.07) is 12.9. The van der Waals surface area contributed by atoms with Crippen LogP contribution in [0.4, 0.5) is 19.4 Å². The van der Waals surface area contributed by atoms with Crippen LogP contribution in [0.15, 0.2) is 54.7 Å². The number of amides is 1. The molecule has 0 aliphatic heterocycles. The van der Waals surface area contributed by atoms with E-state index in [-0.39, 0.29) is 16.5 Å². The van der Waals surface area contributed by atoms with Crippen molar-refractivity contribution in [3.63, 3.8) is 0 Å². The zero-order chi connectivity index (χ0) is 25.6. The van der Waals surface area contributed by atoms with E-state index < -0.39 is 29.9 Å². The van der Waals surface area contributed by atoms with E-state index in [0.29, 0.717) is 22.7 Å². The van der Waals surface area contributed by atoms with Gasteiger partial charge in [0.1, 0.15) is 28.2 Å². The van der Waals surface area contributed by atoms with Crippen molar-refractivity contribution in [2.24, 2.45) is 0 Å². The minimum atomic E-state index is -0.844. The summed E-state index contributed by atoms with van der Waals surface area (Å²) in [6.07, 6.45) is 2.94. The molecule has 1 saturated carbocycles. The molecule has 0 atom stereocenters. The third-order valence-electron chi connectivity index (χ3n) is 5.92. The quantitative estimate of drug-likeness (QED) is 0.267. The summed E-state index contributed by atoms with van der Waals surface area (Å²) in [5.74, 6) is -1.02. The second kappa shape index (κ2) is 9.17. The summed E-state index contributed by atoms with van der Waals surface area (Å²) in [6.45, 7) is 4.71. The van der Waals surface area contributed by atoms with Gasteiger partial charge >= 0.3 is 6.09 Å². The zero-order valence-electron chi connectivity index (χ0n) is 20.1. The van der Waals surface area contributed by atoms with Crippen LogP contribution in [0, 0.1) is 11.6 Å². The van der Waals surface area contributed by atoms with E-state index >= 15 is 8.78 Å². The van der Waals surface area contributed by atoms with Gasteiger partial charge in [-0.2, -0.15) is 9.61 Å². The number of anilines is 1. The van der Waals surface area contributed by atoms with E-state index in [1.807, 2.05) is 6.07 Å². The highest BCUT2D eigenvalue weighted by molar-refractivity contribution is 6.29. The molecule has 6 nitrogen and oxygen atoms in total. The molecule has 186 valence electrons. The fourth-order valence-electron chi connectivity index (χ4n) is 4.08. The van der Waals surface area contributed by atoms with Crippen LogP contribution in [0.1, 0.15) is 50.7 Å². The Hall–Kier alpha value is -3.52. The van der Waals surface area contributed by atoms with Gasteiger partial charge in [0.05, 0.1) is 12.7 Å². The molecule has 4 aromatic rings. The van der Waals surface area contributed by atoms with Crippen molar-refractivity contribution in [2.75, 3.05) is 4.90 Å². The van der Waals surface area contributed by atoms with Crippen molar-refractivity contribution in [3.05, 3.63) is 82.6 Å². The van der Waals surface area contributed by atoms with Gasteiger partial charge in [-0.05, 0) is 62.8 Å². The summed E-state index contributed by atoms with van der Waals surface area (Å²) < 4.78 is 37.7. The average Bonchev–Trinajstić information content (AvgIpc) is 3.56. The second-order valence-electron chi connectivity index (χ2n) is 9.90. The van der Waals surface area contributed by atoms with Crippen LogP contribution < -0.4 is 4.90 Å². The molecule has 0 unspecified atom stereocenters. The first-order valence-electron chi connectivity index (χ1n) is 11.7. The Kier molecular flexibility index (Phi) is 6.16. The Balaban J connectivity index is 1.59. The third kappa shape index (κ3) is 4.91. The van der Waals surface area contributed by atoms with E-state index in [1.165, 1.54) is 22.7 Å². The monoisotopic (exact) mass is 510 g/mol.